The number of halogens is 1. The molecule has 0 aromatic heterocycles. The Morgan fingerprint density at radius 3 is 2.17 bits per heavy atom. The van der Waals surface area contributed by atoms with Gasteiger partial charge in [-0.15, -0.1) is 0 Å². The first kappa shape index (κ1) is 13.1. The summed E-state index contributed by atoms with van der Waals surface area (Å²) in [5, 5.41) is 4.21. The van der Waals surface area contributed by atoms with E-state index >= 15 is 0 Å². The zero-order valence-electron chi connectivity index (χ0n) is 10.1. The lowest BCUT2D eigenvalue weighted by Gasteiger charge is -2.19. The van der Waals surface area contributed by atoms with E-state index in [2.05, 4.69) is 17.4 Å². The normalized spacial score (nSPS) is 12.3. The van der Waals surface area contributed by atoms with E-state index in [-0.39, 0.29) is 6.04 Å². The molecule has 0 fully saturated rings. The molecule has 0 spiro atoms. The van der Waals surface area contributed by atoms with Gasteiger partial charge in [0.2, 0.25) is 0 Å². The second-order valence-corrected chi connectivity index (χ2v) is 4.57. The summed E-state index contributed by atoms with van der Waals surface area (Å²) < 4.78 is 0. The van der Waals surface area contributed by atoms with Gasteiger partial charge in [0.25, 0.3) is 0 Å². The van der Waals surface area contributed by atoms with Gasteiger partial charge < -0.3 is 11.1 Å². The Hall–Kier alpha value is -1.35. The molecule has 0 aliphatic heterocycles. The van der Waals surface area contributed by atoms with Crippen LogP contribution in [0.5, 0.6) is 0 Å². The van der Waals surface area contributed by atoms with Crippen molar-refractivity contribution in [3.63, 3.8) is 0 Å². The van der Waals surface area contributed by atoms with Gasteiger partial charge in [-0.3, -0.25) is 0 Å². The number of hydrogen-bond acceptors (Lipinski definition) is 2. The molecule has 0 saturated carbocycles. The molecule has 0 aliphatic rings. The van der Waals surface area contributed by atoms with Gasteiger partial charge >= 0.3 is 0 Å². The summed E-state index contributed by atoms with van der Waals surface area (Å²) >= 11 is 5.93. The van der Waals surface area contributed by atoms with Crippen LogP contribution in [-0.4, -0.2) is 13.1 Å². The van der Waals surface area contributed by atoms with Crippen LogP contribution in [0, 0.1) is 0 Å². The van der Waals surface area contributed by atoms with E-state index in [1.165, 1.54) is 11.1 Å². The van der Waals surface area contributed by atoms with E-state index < -0.39 is 0 Å². The minimum absolute atomic E-state index is 0.159. The highest BCUT2D eigenvalue weighted by Gasteiger charge is 2.12. The van der Waals surface area contributed by atoms with Gasteiger partial charge in [0.1, 0.15) is 0 Å². The van der Waals surface area contributed by atoms with E-state index in [9.17, 15) is 0 Å². The molecule has 0 unspecified atom stereocenters. The number of nitrogens with two attached hydrogens (primary N) is 1. The maximum absolute atomic E-state index is 5.93. The summed E-state index contributed by atoms with van der Waals surface area (Å²) in [7, 11) is 0. The summed E-state index contributed by atoms with van der Waals surface area (Å²) in [5.41, 5.74) is 8.00. The van der Waals surface area contributed by atoms with E-state index in [1.54, 1.807) is 0 Å². The number of rotatable bonds is 5. The van der Waals surface area contributed by atoms with Crippen LogP contribution in [0.25, 0.3) is 0 Å². The van der Waals surface area contributed by atoms with Gasteiger partial charge in [-0.1, -0.05) is 54.1 Å². The third kappa shape index (κ3) is 3.33. The minimum Gasteiger partial charge on any atom is -0.329 e. The van der Waals surface area contributed by atoms with Crippen molar-refractivity contribution in [2.24, 2.45) is 5.73 Å². The monoisotopic (exact) mass is 260 g/mol. The Kier molecular flexibility index (Phi) is 4.76. The number of hydrogen-bond donors (Lipinski definition) is 2. The molecule has 0 heterocycles. The first-order valence-corrected chi connectivity index (χ1v) is 6.43. The maximum atomic E-state index is 5.93. The smallest absolute Gasteiger partial charge is 0.0577 e. The number of benzene rings is 2. The van der Waals surface area contributed by atoms with Crippen molar-refractivity contribution in [1.29, 1.82) is 0 Å². The Labute approximate surface area is 113 Å². The summed E-state index contributed by atoms with van der Waals surface area (Å²) in [4.78, 5) is 0. The lowest BCUT2D eigenvalue weighted by atomic mass is 9.99. The molecule has 0 radical (unpaired) electrons. The average Bonchev–Trinajstić information content (AvgIpc) is 2.42. The molecule has 3 heteroatoms. The van der Waals surface area contributed by atoms with Gasteiger partial charge in [0.05, 0.1) is 6.04 Å². The molecular weight excluding hydrogens is 244 g/mol. The molecule has 94 valence electrons. The fourth-order valence-corrected chi connectivity index (χ4v) is 2.08. The van der Waals surface area contributed by atoms with Crippen LogP contribution >= 0.6 is 11.6 Å². The molecule has 0 bridgehead atoms. The van der Waals surface area contributed by atoms with Crippen molar-refractivity contribution in [3.05, 3.63) is 70.7 Å². The first-order valence-electron chi connectivity index (χ1n) is 6.05. The van der Waals surface area contributed by atoms with Gasteiger partial charge in [-0.05, 0) is 23.3 Å². The molecule has 2 aromatic carbocycles. The highest BCUT2D eigenvalue weighted by molar-refractivity contribution is 6.30. The fraction of sp³-hybridized carbons (Fsp3) is 0.200. The van der Waals surface area contributed by atoms with Crippen LogP contribution in [0.3, 0.4) is 0 Å². The maximum Gasteiger partial charge on any atom is 0.0577 e. The molecule has 2 aromatic rings. The quantitative estimate of drug-likeness (QED) is 0.867. The molecule has 2 nitrogen and oxygen atoms in total. The topological polar surface area (TPSA) is 38.0 Å². The van der Waals surface area contributed by atoms with Crippen LogP contribution in [0.2, 0.25) is 5.02 Å². The van der Waals surface area contributed by atoms with Gasteiger partial charge in [-0.2, -0.15) is 0 Å². The van der Waals surface area contributed by atoms with Gasteiger partial charge in [-0.25, -0.2) is 0 Å². The molecular formula is C15H17ClN2. The molecule has 18 heavy (non-hydrogen) atoms. The van der Waals surface area contributed by atoms with Crippen LogP contribution < -0.4 is 11.1 Å². The highest BCUT2D eigenvalue weighted by Crippen LogP contribution is 2.23. The molecule has 0 aliphatic carbocycles. The van der Waals surface area contributed by atoms with Crippen molar-refractivity contribution in [3.8, 4) is 0 Å². The Morgan fingerprint density at radius 1 is 0.944 bits per heavy atom. The third-order valence-electron chi connectivity index (χ3n) is 2.83. The molecule has 1 atom stereocenters. The summed E-state index contributed by atoms with van der Waals surface area (Å²) in [5.74, 6) is 0. The second kappa shape index (κ2) is 6.55. The second-order valence-electron chi connectivity index (χ2n) is 4.14. The van der Waals surface area contributed by atoms with Gasteiger partial charge in [0, 0.05) is 18.1 Å². The summed E-state index contributed by atoms with van der Waals surface area (Å²) in [6.45, 7) is 1.40. The predicted molar refractivity (Wildman–Crippen MR) is 76.8 cm³/mol. The molecule has 0 saturated heterocycles. The van der Waals surface area contributed by atoms with Crippen molar-refractivity contribution >= 4 is 11.6 Å². The fourth-order valence-electron chi connectivity index (χ4n) is 1.96. The SMILES string of the molecule is NCCN[C@@H](c1ccccc1)c1ccc(Cl)cc1. The van der Waals surface area contributed by atoms with Crippen molar-refractivity contribution in [2.75, 3.05) is 13.1 Å². The summed E-state index contributed by atoms with van der Waals surface area (Å²) in [6, 6.07) is 18.4. The van der Waals surface area contributed by atoms with Crippen molar-refractivity contribution in [1.82, 2.24) is 5.32 Å². The van der Waals surface area contributed by atoms with Crippen LogP contribution in [0.1, 0.15) is 17.2 Å². The minimum atomic E-state index is 0.159. The molecule has 2 rings (SSSR count). The highest BCUT2D eigenvalue weighted by atomic mass is 35.5. The Balaban J connectivity index is 2.27. The van der Waals surface area contributed by atoms with Crippen molar-refractivity contribution in [2.45, 2.75) is 6.04 Å². The standard InChI is InChI=1S/C15H17ClN2/c16-14-8-6-13(7-9-14)15(18-11-10-17)12-4-2-1-3-5-12/h1-9,15,18H,10-11,17H2/t15-/m0/s1. The average molecular weight is 261 g/mol. The first-order chi connectivity index (χ1) is 8.81. The Bertz CT molecular complexity index is 468. The van der Waals surface area contributed by atoms with Crippen LogP contribution in [0.15, 0.2) is 54.6 Å². The zero-order valence-corrected chi connectivity index (χ0v) is 10.9. The van der Waals surface area contributed by atoms with Crippen LogP contribution in [0.4, 0.5) is 0 Å². The molecule has 0 amide bonds. The Morgan fingerprint density at radius 2 is 1.56 bits per heavy atom. The van der Waals surface area contributed by atoms with Crippen LogP contribution in [-0.2, 0) is 0 Å². The van der Waals surface area contributed by atoms with Gasteiger partial charge in [0.15, 0.2) is 0 Å². The van der Waals surface area contributed by atoms with E-state index in [4.69, 9.17) is 17.3 Å². The summed E-state index contributed by atoms with van der Waals surface area (Å²) in [6.07, 6.45) is 0. The van der Waals surface area contributed by atoms with Crippen molar-refractivity contribution < 1.29 is 0 Å². The van der Waals surface area contributed by atoms with E-state index in [0.717, 1.165) is 11.6 Å². The lowest BCUT2D eigenvalue weighted by molar-refractivity contribution is 0.612. The number of nitrogens with one attached hydrogen (secondary N) is 1. The predicted octanol–water partition coefficient (Wildman–Crippen LogP) is 2.98. The largest absolute Gasteiger partial charge is 0.329 e. The van der Waals surface area contributed by atoms with E-state index in [1.807, 2.05) is 42.5 Å². The third-order valence-corrected chi connectivity index (χ3v) is 3.08. The molecule has 3 N–H and O–H groups in total. The lowest BCUT2D eigenvalue weighted by Crippen LogP contribution is -2.27. The van der Waals surface area contributed by atoms with E-state index in [0.29, 0.717) is 6.54 Å². The zero-order chi connectivity index (χ0) is 12.8.